The van der Waals surface area contributed by atoms with Crippen LogP contribution in [0.1, 0.15) is 32.1 Å². The summed E-state index contributed by atoms with van der Waals surface area (Å²) in [6.07, 6.45) is 5.07. The predicted octanol–water partition coefficient (Wildman–Crippen LogP) is 0.809. The zero-order chi connectivity index (χ0) is 14.4. The minimum atomic E-state index is 0.152. The van der Waals surface area contributed by atoms with Crippen molar-refractivity contribution >= 4 is 5.91 Å². The van der Waals surface area contributed by atoms with Crippen molar-refractivity contribution in [3.8, 4) is 6.07 Å². The number of nitriles is 1. The van der Waals surface area contributed by atoms with E-state index >= 15 is 0 Å². The molecule has 112 valence electrons. The Morgan fingerprint density at radius 3 is 2.55 bits per heavy atom. The van der Waals surface area contributed by atoms with Crippen molar-refractivity contribution in [1.29, 1.82) is 5.26 Å². The van der Waals surface area contributed by atoms with Crippen LogP contribution in [-0.2, 0) is 4.79 Å². The lowest BCUT2D eigenvalue weighted by Crippen LogP contribution is -2.52. The molecule has 0 aromatic carbocycles. The number of hydrogen-bond donors (Lipinski definition) is 1. The predicted molar refractivity (Wildman–Crippen MR) is 77.8 cm³/mol. The number of hydrogen-bond acceptors (Lipinski definition) is 4. The maximum absolute atomic E-state index is 12.6. The number of amides is 1. The standard InChI is InChI=1S/C15H26N4O/c16-6-3-7-18-8-10-19(11-9-18)15(20)14-5-2-1-4-13(14)12-17/h13-14H,1-5,7-12,17H2. The van der Waals surface area contributed by atoms with Crippen LogP contribution in [0.3, 0.4) is 0 Å². The average Bonchev–Trinajstić information content (AvgIpc) is 2.52. The van der Waals surface area contributed by atoms with Crippen molar-refractivity contribution in [3.63, 3.8) is 0 Å². The molecule has 1 heterocycles. The van der Waals surface area contributed by atoms with Crippen LogP contribution in [-0.4, -0.2) is 55.0 Å². The lowest BCUT2D eigenvalue weighted by molar-refractivity contribution is -0.140. The Kier molecular flexibility index (Phi) is 5.81. The average molecular weight is 278 g/mol. The molecule has 1 saturated heterocycles. The van der Waals surface area contributed by atoms with E-state index in [-0.39, 0.29) is 5.92 Å². The Labute approximate surface area is 121 Å². The third-order valence-corrected chi connectivity index (χ3v) is 4.75. The summed E-state index contributed by atoms with van der Waals surface area (Å²) in [7, 11) is 0. The smallest absolute Gasteiger partial charge is 0.226 e. The number of piperazine rings is 1. The fourth-order valence-corrected chi connectivity index (χ4v) is 3.45. The molecule has 2 fully saturated rings. The van der Waals surface area contributed by atoms with Crippen LogP contribution < -0.4 is 5.73 Å². The van der Waals surface area contributed by atoms with E-state index in [4.69, 9.17) is 11.0 Å². The van der Waals surface area contributed by atoms with Gasteiger partial charge in [-0.2, -0.15) is 5.26 Å². The van der Waals surface area contributed by atoms with Crippen LogP contribution in [0.2, 0.25) is 0 Å². The molecule has 1 aliphatic carbocycles. The van der Waals surface area contributed by atoms with Crippen molar-refractivity contribution in [2.45, 2.75) is 32.1 Å². The fourth-order valence-electron chi connectivity index (χ4n) is 3.45. The number of carbonyl (C=O) groups excluding carboxylic acids is 1. The highest BCUT2D eigenvalue weighted by atomic mass is 16.2. The van der Waals surface area contributed by atoms with Crippen LogP contribution in [0.5, 0.6) is 0 Å². The van der Waals surface area contributed by atoms with E-state index in [1.807, 2.05) is 4.90 Å². The maximum Gasteiger partial charge on any atom is 0.226 e. The van der Waals surface area contributed by atoms with Gasteiger partial charge in [-0.15, -0.1) is 0 Å². The Morgan fingerprint density at radius 2 is 1.90 bits per heavy atom. The SMILES string of the molecule is N#CCCN1CCN(C(=O)C2CCCCC2CN)CC1. The fraction of sp³-hybridized carbons (Fsp3) is 0.867. The Morgan fingerprint density at radius 1 is 1.20 bits per heavy atom. The molecule has 1 amide bonds. The lowest BCUT2D eigenvalue weighted by atomic mass is 9.78. The summed E-state index contributed by atoms with van der Waals surface area (Å²) in [5.41, 5.74) is 5.83. The third-order valence-electron chi connectivity index (χ3n) is 4.75. The third kappa shape index (κ3) is 3.71. The van der Waals surface area contributed by atoms with Gasteiger partial charge in [0.15, 0.2) is 0 Å². The van der Waals surface area contributed by atoms with Gasteiger partial charge in [-0.1, -0.05) is 12.8 Å². The van der Waals surface area contributed by atoms with Crippen LogP contribution in [0.25, 0.3) is 0 Å². The molecule has 2 rings (SSSR count). The molecule has 1 saturated carbocycles. The van der Waals surface area contributed by atoms with E-state index in [1.165, 1.54) is 6.42 Å². The first-order valence-electron chi connectivity index (χ1n) is 7.84. The molecular formula is C15H26N4O. The molecule has 5 heteroatoms. The summed E-state index contributed by atoms with van der Waals surface area (Å²) in [4.78, 5) is 16.9. The summed E-state index contributed by atoms with van der Waals surface area (Å²) < 4.78 is 0. The molecule has 1 aliphatic heterocycles. The highest BCUT2D eigenvalue weighted by Gasteiger charge is 2.33. The van der Waals surface area contributed by atoms with Gasteiger partial charge in [-0.25, -0.2) is 0 Å². The van der Waals surface area contributed by atoms with E-state index in [0.29, 0.717) is 24.8 Å². The van der Waals surface area contributed by atoms with Gasteiger partial charge < -0.3 is 10.6 Å². The zero-order valence-corrected chi connectivity index (χ0v) is 12.3. The molecule has 2 aliphatic rings. The van der Waals surface area contributed by atoms with Crippen molar-refractivity contribution < 1.29 is 4.79 Å². The van der Waals surface area contributed by atoms with Crippen LogP contribution in [0, 0.1) is 23.2 Å². The maximum atomic E-state index is 12.6. The van der Waals surface area contributed by atoms with Gasteiger partial charge in [0.1, 0.15) is 0 Å². The van der Waals surface area contributed by atoms with Gasteiger partial charge in [-0.3, -0.25) is 9.69 Å². The Bertz CT molecular complexity index is 357. The van der Waals surface area contributed by atoms with Crippen LogP contribution in [0.15, 0.2) is 0 Å². The minimum absolute atomic E-state index is 0.152. The second-order valence-electron chi connectivity index (χ2n) is 5.96. The zero-order valence-electron chi connectivity index (χ0n) is 12.3. The van der Waals surface area contributed by atoms with E-state index in [1.54, 1.807) is 0 Å². The molecule has 2 N–H and O–H groups in total. The molecule has 2 unspecified atom stereocenters. The Balaban J connectivity index is 1.83. The summed E-state index contributed by atoms with van der Waals surface area (Å²) in [6, 6.07) is 2.18. The van der Waals surface area contributed by atoms with Crippen molar-refractivity contribution in [2.75, 3.05) is 39.3 Å². The molecule has 0 aromatic heterocycles. The number of carbonyl (C=O) groups is 1. The topological polar surface area (TPSA) is 73.4 Å². The summed E-state index contributed by atoms with van der Waals surface area (Å²) >= 11 is 0. The summed E-state index contributed by atoms with van der Waals surface area (Å²) in [5.74, 6) is 0.854. The first-order valence-corrected chi connectivity index (χ1v) is 7.84. The first kappa shape index (κ1) is 15.3. The second kappa shape index (κ2) is 7.61. The van der Waals surface area contributed by atoms with Crippen LogP contribution in [0.4, 0.5) is 0 Å². The number of nitrogens with two attached hydrogens (primary N) is 1. The largest absolute Gasteiger partial charge is 0.340 e. The van der Waals surface area contributed by atoms with Crippen molar-refractivity contribution in [1.82, 2.24) is 9.80 Å². The molecule has 0 spiro atoms. The highest BCUT2D eigenvalue weighted by molar-refractivity contribution is 5.79. The van der Waals surface area contributed by atoms with Gasteiger partial charge >= 0.3 is 0 Å². The molecule has 20 heavy (non-hydrogen) atoms. The molecule has 0 radical (unpaired) electrons. The van der Waals surface area contributed by atoms with Gasteiger partial charge in [-0.05, 0) is 25.3 Å². The van der Waals surface area contributed by atoms with Crippen molar-refractivity contribution in [2.24, 2.45) is 17.6 Å². The second-order valence-corrected chi connectivity index (χ2v) is 5.96. The quantitative estimate of drug-likeness (QED) is 0.826. The summed E-state index contributed by atoms with van der Waals surface area (Å²) in [6.45, 7) is 4.86. The van der Waals surface area contributed by atoms with E-state index in [0.717, 1.165) is 52.0 Å². The number of nitrogens with zero attached hydrogens (tertiary/aromatic N) is 3. The summed E-state index contributed by atoms with van der Waals surface area (Å²) in [5, 5.41) is 8.61. The number of rotatable bonds is 4. The van der Waals surface area contributed by atoms with Crippen molar-refractivity contribution in [3.05, 3.63) is 0 Å². The molecule has 5 nitrogen and oxygen atoms in total. The molecule has 0 aromatic rings. The van der Waals surface area contributed by atoms with Gasteiger partial charge in [0.05, 0.1) is 6.07 Å². The molecular weight excluding hydrogens is 252 g/mol. The Hall–Kier alpha value is -1.12. The van der Waals surface area contributed by atoms with Gasteiger partial charge in [0.25, 0.3) is 0 Å². The molecule has 2 atom stereocenters. The van der Waals surface area contributed by atoms with E-state index in [2.05, 4.69) is 11.0 Å². The minimum Gasteiger partial charge on any atom is -0.340 e. The van der Waals surface area contributed by atoms with Gasteiger partial charge in [0, 0.05) is 45.1 Å². The first-order chi connectivity index (χ1) is 9.76. The monoisotopic (exact) mass is 278 g/mol. The normalized spacial score (nSPS) is 28.1. The van der Waals surface area contributed by atoms with Crippen LogP contribution >= 0.6 is 0 Å². The highest BCUT2D eigenvalue weighted by Crippen LogP contribution is 2.31. The lowest BCUT2D eigenvalue weighted by Gasteiger charge is -2.39. The van der Waals surface area contributed by atoms with E-state index < -0.39 is 0 Å². The van der Waals surface area contributed by atoms with E-state index in [9.17, 15) is 4.79 Å². The van der Waals surface area contributed by atoms with Gasteiger partial charge in [0.2, 0.25) is 5.91 Å². The molecule has 0 bridgehead atoms.